The molecular formula is C17H18N2O6S. The Kier molecular flexibility index (Phi) is 6.18. The number of carbonyl (C=O) groups excluding carboxylic acids is 2. The minimum Gasteiger partial charge on any atom is -0.490 e. The first kappa shape index (κ1) is 19.3. The monoisotopic (exact) mass is 378 g/mol. The molecular weight excluding hydrogens is 360 g/mol. The van der Waals surface area contributed by atoms with Gasteiger partial charge in [0.05, 0.1) is 13.2 Å². The molecule has 8 nitrogen and oxygen atoms in total. The summed E-state index contributed by atoms with van der Waals surface area (Å²) in [5.41, 5.74) is 5.01. The Labute approximate surface area is 151 Å². The maximum Gasteiger partial charge on any atom is 0.339 e. The van der Waals surface area contributed by atoms with Crippen LogP contribution in [-0.4, -0.2) is 33.4 Å². The van der Waals surface area contributed by atoms with Crippen molar-refractivity contribution in [2.45, 2.75) is 11.8 Å². The summed E-state index contributed by atoms with van der Waals surface area (Å²) in [5, 5.41) is 2.28. The number of hydrogen-bond acceptors (Lipinski definition) is 6. The van der Waals surface area contributed by atoms with Crippen LogP contribution in [0.15, 0.2) is 53.4 Å². The van der Waals surface area contributed by atoms with Crippen LogP contribution in [0.4, 0.5) is 0 Å². The molecule has 0 bridgehead atoms. The summed E-state index contributed by atoms with van der Waals surface area (Å²) in [6.45, 7) is 1.75. The van der Waals surface area contributed by atoms with Gasteiger partial charge in [-0.25, -0.2) is 0 Å². The van der Waals surface area contributed by atoms with E-state index in [1.165, 1.54) is 24.3 Å². The number of nitrogens with one attached hydrogen (secondary N) is 1. The molecule has 0 aliphatic heterocycles. The van der Waals surface area contributed by atoms with Gasteiger partial charge in [-0.1, -0.05) is 18.2 Å². The summed E-state index contributed by atoms with van der Waals surface area (Å²) >= 11 is 0. The Morgan fingerprint density at radius 2 is 1.77 bits per heavy atom. The zero-order valence-corrected chi connectivity index (χ0v) is 14.8. The number of rotatable bonds is 8. The summed E-state index contributed by atoms with van der Waals surface area (Å²) in [6.07, 6.45) is 0. The molecule has 2 aromatic carbocycles. The van der Waals surface area contributed by atoms with Gasteiger partial charge in [0.25, 0.3) is 5.91 Å². The summed E-state index contributed by atoms with van der Waals surface area (Å²) in [6, 6.07) is 11.6. The Morgan fingerprint density at radius 1 is 1.08 bits per heavy atom. The minimum absolute atomic E-state index is 0.0398. The Bertz CT molecular complexity index is 911. The van der Waals surface area contributed by atoms with Crippen LogP contribution in [0.3, 0.4) is 0 Å². The van der Waals surface area contributed by atoms with Gasteiger partial charge in [-0.2, -0.15) is 8.42 Å². The van der Waals surface area contributed by atoms with Gasteiger partial charge >= 0.3 is 10.1 Å². The smallest absolute Gasteiger partial charge is 0.339 e. The van der Waals surface area contributed by atoms with E-state index in [0.717, 1.165) is 6.07 Å². The molecule has 138 valence electrons. The molecule has 2 amide bonds. The minimum atomic E-state index is -4.19. The van der Waals surface area contributed by atoms with Gasteiger partial charge < -0.3 is 20.0 Å². The van der Waals surface area contributed by atoms with Crippen LogP contribution in [0, 0.1) is 0 Å². The highest BCUT2D eigenvalue weighted by Crippen LogP contribution is 2.29. The number of amides is 2. The van der Waals surface area contributed by atoms with Crippen LogP contribution in [0.25, 0.3) is 0 Å². The van der Waals surface area contributed by atoms with E-state index in [2.05, 4.69) is 5.32 Å². The summed E-state index contributed by atoms with van der Waals surface area (Å²) in [4.78, 5) is 22.5. The first-order valence-corrected chi connectivity index (χ1v) is 9.07. The number of benzene rings is 2. The average Bonchev–Trinajstić information content (AvgIpc) is 2.61. The Balaban J connectivity index is 2.26. The zero-order chi connectivity index (χ0) is 19.2. The second-order valence-electron chi connectivity index (χ2n) is 5.09. The van der Waals surface area contributed by atoms with Crippen molar-refractivity contribution in [3.8, 4) is 11.5 Å². The van der Waals surface area contributed by atoms with E-state index >= 15 is 0 Å². The van der Waals surface area contributed by atoms with E-state index < -0.39 is 21.9 Å². The molecule has 0 aliphatic rings. The highest BCUT2D eigenvalue weighted by Gasteiger charge is 2.20. The normalized spacial score (nSPS) is 10.8. The van der Waals surface area contributed by atoms with Gasteiger partial charge in [-0.15, -0.1) is 0 Å². The van der Waals surface area contributed by atoms with Gasteiger partial charge in [0.1, 0.15) is 4.90 Å². The Morgan fingerprint density at radius 3 is 2.42 bits per heavy atom. The standard InChI is InChI=1S/C17H18N2O6S/c1-2-24-14-8-3-4-9-15(14)25-26(22,23)13-7-5-6-12(10-13)17(21)19-11-16(18)20/h3-10H,2,11H2,1H3,(H2,18,20)(H,19,21). The fourth-order valence-corrected chi connectivity index (χ4v) is 3.01. The van der Waals surface area contributed by atoms with Gasteiger partial charge in [0.2, 0.25) is 5.91 Å². The molecule has 0 heterocycles. The van der Waals surface area contributed by atoms with Crippen LogP contribution in [0.1, 0.15) is 17.3 Å². The van der Waals surface area contributed by atoms with Crippen LogP contribution >= 0.6 is 0 Å². The predicted octanol–water partition coefficient (Wildman–Crippen LogP) is 1.07. The second kappa shape index (κ2) is 8.34. The first-order valence-electron chi connectivity index (χ1n) is 7.66. The molecule has 0 saturated carbocycles. The number of nitrogens with two attached hydrogens (primary N) is 1. The fourth-order valence-electron chi connectivity index (χ4n) is 2.02. The van der Waals surface area contributed by atoms with E-state index in [1.54, 1.807) is 25.1 Å². The molecule has 0 fully saturated rings. The maximum atomic E-state index is 12.5. The van der Waals surface area contributed by atoms with Crippen molar-refractivity contribution in [2.24, 2.45) is 5.73 Å². The predicted molar refractivity (Wildman–Crippen MR) is 93.4 cm³/mol. The number of ether oxygens (including phenoxy) is 1. The molecule has 0 saturated heterocycles. The first-order chi connectivity index (χ1) is 12.3. The maximum absolute atomic E-state index is 12.5. The van der Waals surface area contributed by atoms with E-state index in [-0.39, 0.29) is 28.5 Å². The number of primary amides is 1. The average molecular weight is 378 g/mol. The zero-order valence-electron chi connectivity index (χ0n) is 14.0. The molecule has 3 N–H and O–H groups in total. The van der Waals surface area contributed by atoms with Crippen molar-refractivity contribution in [3.63, 3.8) is 0 Å². The lowest BCUT2D eigenvalue weighted by Crippen LogP contribution is -2.33. The fraction of sp³-hybridized carbons (Fsp3) is 0.176. The third kappa shape index (κ3) is 4.96. The Hall–Kier alpha value is -3.07. The van der Waals surface area contributed by atoms with Gasteiger partial charge in [-0.3, -0.25) is 9.59 Å². The highest BCUT2D eigenvalue weighted by atomic mass is 32.2. The van der Waals surface area contributed by atoms with Crippen LogP contribution in [0.5, 0.6) is 11.5 Å². The number of hydrogen-bond donors (Lipinski definition) is 2. The molecule has 0 aliphatic carbocycles. The topological polar surface area (TPSA) is 125 Å². The lowest BCUT2D eigenvalue weighted by Gasteiger charge is -2.12. The third-order valence-corrected chi connectivity index (χ3v) is 4.39. The molecule has 0 unspecified atom stereocenters. The second-order valence-corrected chi connectivity index (χ2v) is 6.64. The lowest BCUT2D eigenvalue weighted by atomic mass is 10.2. The molecule has 0 atom stereocenters. The number of carbonyl (C=O) groups is 2. The van der Waals surface area contributed by atoms with Crippen molar-refractivity contribution in [1.29, 1.82) is 0 Å². The molecule has 0 radical (unpaired) electrons. The molecule has 9 heteroatoms. The van der Waals surface area contributed by atoms with Crippen molar-refractivity contribution < 1.29 is 26.9 Å². The third-order valence-electron chi connectivity index (χ3n) is 3.16. The summed E-state index contributed by atoms with van der Waals surface area (Å²) in [5.74, 6) is -1.01. The van der Waals surface area contributed by atoms with Crippen molar-refractivity contribution >= 4 is 21.9 Å². The van der Waals surface area contributed by atoms with Crippen molar-refractivity contribution in [3.05, 3.63) is 54.1 Å². The van der Waals surface area contributed by atoms with Crippen LogP contribution < -0.4 is 20.0 Å². The molecule has 2 rings (SSSR count). The molecule has 26 heavy (non-hydrogen) atoms. The van der Waals surface area contributed by atoms with E-state index in [1.807, 2.05) is 0 Å². The summed E-state index contributed by atoms with van der Waals surface area (Å²) < 4.78 is 35.5. The van der Waals surface area contributed by atoms with Gasteiger partial charge in [-0.05, 0) is 37.3 Å². The quantitative estimate of drug-likeness (QED) is 0.662. The number of para-hydroxylation sites is 2. The van der Waals surface area contributed by atoms with E-state index in [9.17, 15) is 18.0 Å². The highest BCUT2D eigenvalue weighted by molar-refractivity contribution is 7.87. The lowest BCUT2D eigenvalue weighted by molar-refractivity contribution is -0.117. The molecule has 0 spiro atoms. The van der Waals surface area contributed by atoms with Crippen molar-refractivity contribution in [1.82, 2.24) is 5.32 Å². The van der Waals surface area contributed by atoms with Crippen LogP contribution in [-0.2, 0) is 14.9 Å². The SMILES string of the molecule is CCOc1ccccc1OS(=O)(=O)c1cccc(C(=O)NCC(N)=O)c1. The van der Waals surface area contributed by atoms with Crippen LogP contribution in [0.2, 0.25) is 0 Å². The van der Waals surface area contributed by atoms with Crippen molar-refractivity contribution in [2.75, 3.05) is 13.2 Å². The van der Waals surface area contributed by atoms with Gasteiger partial charge in [0, 0.05) is 5.56 Å². The largest absolute Gasteiger partial charge is 0.490 e. The molecule has 0 aromatic heterocycles. The van der Waals surface area contributed by atoms with E-state index in [0.29, 0.717) is 6.61 Å². The van der Waals surface area contributed by atoms with E-state index in [4.69, 9.17) is 14.7 Å². The van der Waals surface area contributed by atoms with Gasteiger partial charge in [0.15, 0.2) is 11.5 Å². The molecule has 2 aromatic rings. The summed E-state index contributed by atoms with van der Waals surface area (Å²) in [7, 11) is -4.19.